The lowest BCUT2D eigenvalue weighted by Gasteiger charge is -2.31. The Labute approximate surface area is 186 Å². The normalized spacial score (nSPS) is 12.3. The topological polar surface area (TPSA) is 62.2 Å². The van der Waals surface area contributed by atoms with Gasteiger partial charge in [-0.1, -0.05) is 78.3 Å². The van der Waals surface area contributed by atoms with Gasteiger partial charge in [0, 0.05) is 27.4 Å². The molecule has 1 heterocycles. The van der Waals surface area contributed by atoms with Gasteiger partial charge in [0.1, 0.15) is 17.4 Å². The Hall–Kier alpha value is -3.07. The molecule has 0 amide bonds. The van der Waals surface area contributed by atoms with Gasteiger partial charge in [-0.3, -0.25) is 0 Å². The number of rotatable bonds is 6. The first kappa shape index (κ1) is 21.2. The summed E-state index contributed by atoms with van der Waals surface area (Å²) in [7, 11) is -3.36. The molecule has 3 aromatic carbocycles. The van der Waals surface area contributed by atoms with Crippen molar-refractivity contribution in [1.29, 1.82) is 0 Å². The molecule has 0 aliphatic heterocycles. The van der Waals surface area contributed by atoms with E-state index in [0.29, 0.717) is 27.0 Å². The average Bonchev–Trinajstić information content (AvgIpc) is 2.81. The molecule has 0 radical (unpaired) electrons. The van der Waals surface area contributed by atoms with Crippen LogP contribution < -0.4 is 15.9 Å². The van der Waals surface area contributed by atoms with Crippen molar-refractivity contribution in [2.24, 2.45) is 0 Å². The third kappa shape index (κ3) is 4.23. The summed E-state index contributed by atoms with van der Waals surface area (Å²) >= 11 is 6.29. The van der Waals surface area contributed by atoms with Crippen molar-refractivity contribution in [2.45, 2.75) is 12.7 Å². The molecule has 2 N–H and O–H groups in total. The van der Waals surface area contributed by atoms with E-state index in [2.05, 4.69) is 10.3 Å². The summed E-state index contributed by atoms with van der Waals surface area (Å²) in [5.74, 6) is -0.175. The number of aromatic nitrogens is 1. The summed E-state index contributed by atoms with van der Waals surface area (Å²) in [6, 6.07) is 27.2. The Balaban J connectivity index is 2.00. The highest BCUT2D eigenvalue weighted by Gasteiger charge is 2.39. The molecule has 4 aromatic rings. The maximum Gasteiger partial charge on any atom is 0.168 e. The van der Waals surface area contributed by atoms with E-state index in [4.69, 9.17) is 11.6 Å². The molecule has 4 nitrogen and oxygen atoms in total. The number of phenols is 1. The first-order valence-electron chi connectivity index (χ1n) is 9.87. The molecule has 1 unspecified atom stereocenters. The summed E-state index contributed by atoms with van der Waals surface area (Å²) in [4.78, 5) is 4.45. The van der Waals surface area contributed by atoms with E-state index < -0.39 is 12.9 Å². The van der Waals surface area contributed by atoms with Crippen molar-refractivity contribution in [3.05, 3.63) is 113 Å². The van der Waals surface area contributed by atoms with Gasteiger partial charge in [0.25, 0.3) is 0 Å². The van der Waals surface area contributed by atoms with Gasteiger partial charge in [-0.25, -0.2) is 4.98 Å². The molecule has 0 fully saturated rings. The minimum absolute atomic E-state index is 0.0163. The van der Waals surface area contributed by atoms with Gasteiger partial charge < -0.3 is 15.0 Å². The second kappa shape index (κ2) is 8.97. The van der Waals surface area contributed by atoms with Crippen LogP contribution in [-0.2, 0) is 4.57 Å². The molecule has 0 aliphatic rings. The molecule has 0 bridgehead atoms. The largest absolute Gasteiger partial charge is 0.508 e. The van der Waals surface area contributed by atoms with Gasteiger partial charge in [-0.15, -0.1) is 0 Å². The van der Waals surface area contributed by atoms with Gasteiger partial charge in [0.15, 0.2) is 7.14 Å². The minimum Gasteiger partial charge on any atom is -0.508 e. The van der Waals surface area contributed by atoms with Gasteiger partial charge in [0.2, 0.25) is 0 Å². The second-order valence-electron chi connectivity index (χ2n) is 7.25. The fourth-order valence-corrected chi connectivity index (χ4v) is 6.83. The number of aryl methyl sites for hydroxylation is 1. The Morgan fingerprint density at radius 3 is 2.10 bits per heavy atom. The summed E-state index contributed by atoms with van der Waals surface area (Å²) in [6.45, 7) is 1.93. The predicted octanol–water partition coefficient (Wildman–Crippen LogP) is 5.87. The van der Waals surface area contributed by atoms with Gasteiger partial charge in [0.05, 0.1) is 0 Å². The van der Waals surface area contributed by atoms with Crippen LogP contribution in [0.3, 0.4) is 0 Å². The molecule has 6 heteroatoms. The zero-order valence-electron chi connectivity index (χ0n) is 16.9. The number of phenolic OH excluding ortho intramolecular Hbond substituents is 1. The van der Waals surface area contributed by atoms with E-state index in [-0.39, 0.29) is 5.75 Å². The zero-order valence-corrected chi connectivity index (χ0v) is 18.6. The zero-order chi connectivity index (χ0) is 21.8. The molecule has 4 rings (SSSR count). The molecule has 0 saturated carbocycles. The number of benzene rings is 3. The van der Waals surface area contributed by atoms with Crippen LogP contribution in [0, 0.1) is 6.92 Å². The Morgan fingerprint density at radius 1 is 0.903 bits per heavy atom. The maximum atomic E-state index is 15.1. The highest BCUT2D eigenvalue weighted by molar-refractivity contribution is 7.79. The van der Waals surface area contributed by atoms with Crippen LogP contribution >= 0.6 is 18.7 Å². The summed E-state index contributed by atoms with van der Waals surface area (Å²) in [5.41, 5.74) is 1.36. The van der Waals surface area contributed by atoms with Crippen LogP contribution in [0.15, 0.2) is 97.2 Å². The van der Waals surface area contributed by atoms with E-state index in [0.717, 1.165) is 5.56 Å². The Kier molecular flexibility index (Phi) is 6.13. The van der Waals surface area contributed by atoms with Crippen LogP contribution in [-0.4, -0.2) is 10.1 Å². The lowest BCUT2D eigenvalue weighted by molar-refractivity contribution is 0.467. The molecule has 1 atom stereocenters. The summed E-state index contributed by atoms with van der Waals surface area (Å²) < 4.78 is 15.1. The van der Waals surface area contributed by atoms with Crippen LogP contribution in [0.2, 0.25) is 5.02 Å². The van der Waals surface area contributed by atoms with Crippen LogP contribution in [0.1, 0.15) is 16.9 Å². The number of hydrogen-bond donors (Lipinski definition) is 2. The van der Waals surface area contributed by atoms with Crippen molar-refractivity contribution < 1.29 is 9.67 Å². The van der Waals surface area contributed by atoms with Gasteiger partial charge in [-0.2, -0.15) is 0 Å². The lowest BCUT2D eigenvalue weighted by Crippen LogP contribution is -2.26. The van der Waals surface area contributed by atoms with Crippen LogP contribution in [0.25, 0.3) is 0 Å². The Bertz CT molecular complexity index is 1190. The number of halogens is 1. The second-order valence-corrected chi connectivity index (χ2v) is 10.5. The third-order valence-corrected chi connectivity index (χ3v) is 8.71. The number of hydrogen-bond acceptors (Lipinski definition) is 4. The lowest BCUT2D eigenvalue weighted by atomic mass is 10.2. The fourth-order valence-electron chi connectivity index (χ4n) is 3.62. The van der Waals surface area contributed by atoms with Crippen molar-refractivity contribution in [3.63, 3.8) is 0 Å². The molecular formula is C25H22ClN2O2P. The predicted molar refractivity (Wildman–Crippen MR) is 128 cm³/mol. The fraction of sp³-hybridized carbons (Fsp3) is 0.0800. The van der Waals surface area contributed by atoms with Gasteiger partial charge >= 0.3 is 0 Å². The number of pyridine rings is 1. The molecule has 0 aliphatic carbocycles. The molecule has 0 spiro atoms. The number of anilines is 1. The van der Waals surface area contributed by atoms with E-state index in [1.807, 2.05) is 79.7 Å². The van der Waals surface area contributed by atoms with Crippen molar-refractivity contribution >= 4 is 35.2 Å². The van der Waals surface area contributed by atoms with Crippen molar-refractivity contribution in [2.75, 3.05) is 5.32 Å². The number of nitrogens with one attached hydrogen (secondary N) is 1. The smallest absolute Gasteiger partial charge is 0.168 e. The molecular weight excluding hydrogens is 427 g/mol. The molecule has 31 heavy (non-hydrogen) atoms. The minimum atomic E-state index is -3.36. The van der Waals surface area contributed by atoms with Crippen molar-refractivity contribution in [3.8, 4) is 5.75 Å². The van der Waals surface area contributed by atoms with E-state index in [9.17, 15) is 5.11 Å². The molecule has 1 aromatic heterocycles. The SMILES string of the molecule is Cc1cccnc1NC(c1cc(Cl)ccc1O)P(=O)(c1ccccc1)c1ccccc1. The standard InChI is InChI=1S/C25H22ClN2O2P/c1-18-9-8-16-27-24(18)28-25(22-17-19(26)14-15-23(22)29)31(30,20-10-4-2-5-11-20)21-12-6-3-7-13-21/h2-17,25,29H,1H3,(H,27,28). The number of nitrogens with zero attached hydrogens (tertiary/aromatic N) is 1. The Morgan fingerprint density at radius 2 is 1.52 bits per heavy atom. The van der Waals surface area contributed by atoms with Crippen molar-refractivity contribution in [1.82, 2.24) is 4.98 Å². The van der Waals surface area contributed by atoms with Crippen LogP contribution in [0.4, 0.5) is 5.82 Å². The van der Waals surface area contributed by atoms with Crippen LogP contribution in [0.5, 0.6) is 5.75 Å². The molecule has 156 valence electrons. The first-order valence-corrected chi connectivity index (χ1v) is 12.0. The average molecular weight is 449 g/mol. The maximum absolute atomic E-state index is 15.1. The highest BCUT2D eigenvalue weighted by Crippen LogP contribution is 2.58. The van der Waals surface area contributed by atoms with E-state index >= 15 is 4.57 Å². The quantitative estimate of drug-likeness (QED) is 0.362. The third-order valence-electron chi connectivity index (χ3n) is 5.21. The number of aromatic hydroxyl groups is 1. The van der Waals surface area contributed by atoms with Gasteiger partial charge in [-0.05, 0) is 36.8 Å². The van der Waals surface area contributed by atoms with E-state index in [1.165, 1.54) is 6.07 Å². The molecule has 0 saturated heterocycles. The highest BCUT2D eigenvalue weighted by atomic mass is 35.5. The summed E-state index contributed by atoms with van der Waals surface area (Å²) in [5, 5.41) is 15.9. The van der Waals surface area contributed by atoms with E-state index in [1.54, 1.807) is 18.3 Å². The summed E-state index contributed by atoms with van der Waals surface area (Å²) in [6.07, 6.45) is 1.68. The first-order chi connectivity index (χ1) is 15.0. The monoisotopic (exact) mass is 448 g/mol.